The Kier molecular flexibility index (Phi) is 9.67. The first-order chi connectivity index (χ1) is 24.8. The van der Waals surface area contributed by atoms with Crippen LogP contribution in [0.25, 0.3) is 33.3 Å². The molecule has 2 atom stereocenters. The van der Waals surface area contributed by atoms with E-state index < -0.39 is 0 Å². The van der Waals surface area contributed by atoms with Gasteiger partial charge in [0.05, 0.1) is 22.4 Å². The van der Waals surface area contributed by atoms with Gasteiger partial charge < -0.3 is 4.74 Å². The van der Waals surface area contributed by atoms with Crippen LogP contribution >= 0.6 is 0 Å². The highest BCUT2D eigenvalue weighted by molar-refractivity contribution is 6.09. The van der Waals surface area contributed by atoms with Gasteiger partial charge in [0.1, 0.15) is 17.3 Å². The number of allylic oxidation sites excluding steroid dienone is 2. The van der Waals surface area contributed by atoms with Crippen molar-refractivity contribution in [3.63, 3.8) is 0 Å². The summed E-state index contributed by atoms with van der Waals surface area (Å²) in [6.45, 7) is 22.8. The molecule has 0 fully saturated rings. The normalized spacial score (nSPS) is 16.7. The maximum atomic E-state index is 6.85. The monoisotopic (exact) mass is 692 g/mol. The number of para-hydroxylation sites is 1. The minimum atomic E-state index is 0.0105. The van der Waals surface area contributed by atoms with Crippen molar-refractivity contribution < 1.29 is 4.74 Å². The zero-order valence-electron chi connectivity index (χ0n) is 32.9. The van der Waals surface area contributed by atoms with Crippen LogP contribution in [0.15, 0.2) is 90.6 Å². The quantitative estimate of drug-likeness (QED) is 0.142. The summed E-state index contributed by atoms with van der Waals surface area (Å²) in [6.07, 6.45) is 8.89. The Morgan fingerprint density at radius 3 is 2.37 bits per heavy atom. The molecule has 0 saturated carbocycles. The molecule has 0 spiro atoms. The van der Waals surface area contributed by atoms with Crippen LogP contribution in [0.2, 0.25) is 0 Å². The summed E-state index contributed by atoms with van der Waals surface area (Å²) in [6, 6.07) is 26.1. The molecule has 1 unspecified atom stereocenters. The van der Waals surface area contributed by atoms with Gasteiger partial charge in [-0.2, -0.15) is 5.10 Å². The average Bonchev–Trinajstić information content (AvgIpc) is 3.60. The van der Waals surface area contributed by atoms with Crippen LogP contribution in [0.4, 0.5) is 0 Å². The second-order valence-corrected chi connectivity index (χ2v) is 17.0. The molecule has 3 aromatic carbocycles. The third kappa shape index (κ3) is 6.83. The molecule has 270 valence electrons. The van der Waals surface area contributed by atoms with E-state index in [0.717, 1.165) is 52.6 Å². The maximum Gasteiger partial charge on any atom is 0.137 e. The molecule has 0 amide bonds. The molecule has 1 aliphatic rings. The van der Waals surface area contributed by atoms with E-state index in [2.05, 4.69) is 157 Å². The third-order valence-corrected chi connectivity index (χ3v) is 11.2. The number of aryl methyl sites for hydroxylation is 1. The number of nitrogens with zero attached hydrogens (tertiary/aromatic N) is 4. The smallest absolute Gasteiger partial charge is 0.137 e. The van der Waals surface area contributed by atoms with Gasteiger partial charge >= 0.3 is 0 Å². The first kappa shape index (κ1) is 35.7. The van der Waals surface area contributed by atoms with Crippen molar-refractivity contribution in [2.75, 3.05) is 0 Å². The Morgan fingerprint density at radius 2 is 1.63 bits per heavy atom. The summed E-state index contributed by atoms with van der Waals surface area (Å²) < 4.78 is 11.4. The molecular formula is C47H56N4O. The average molecular weight is 693 g/mol. The van der Waals surface area contributed by atoms with Crippen LogP contribution in [0.1, 0.15) is 121 Å². The Balaban J connectivity index is 1.34. The van der Waals surface area contributed by atoms with E-state index in [1.807, 2.05) is 6.20 Å². The van der Waals surface area contributed by atoms with Crippen molar-refractivity contribution in [1.82, 2.24) is 19.3 Å². The van der Waals surface area contributed by atoms with Gasteiger partial charge in [0.15, 0.2) is 0 Å². The Morgan fingerprint density at radius 1 is 0.865 bits per heavy atom. The number of rotatable bonds is 9. The first-order valence-electron chi connectivity index (χ1n) is 19.4. The largest absolute Gasteiger partial charge is 0.457 e. The lowest BCUT2D eigenvalue weighted by Gasteiger charge is -2.30. The Labute approximate surface area is 310 Å². The van der Waals surface area contributed by atoms with Crippen LogP contribution < -0.4 is 4.74 Å². The molecule has 7 rings (SSSR count). The molecular weight excluding hydrogens is 637 g/mol. The van der Waals surface area contributed by atoms with E-state index in [4.69, 9.17) is 14.8 Å². The predicted molar refractivity (Wildman–Crippen MR) is 218 cm³/mol. The van der Waals surface area contributed by atoms with E-state index in [0.29, 0.717) is 23.7 Å². The van der Waals surface area contributed by atoms with Crippen molar-refractivity contribution in [1.29, 1.82) is 0 Å². The zero-order chi connectivity index (χ0) is 36.9. The van der Waals surface area contributed by atoms with Crippen molar-refractivity contribution in [2.45, 2.75) is 112 Å². The minimum absolute atomic E-state index is 0.0105. The number of fused-ring (bicyclic) bond motifs is 3. The molecule has 52 heavy (non-hydrogen) atoms. The molecule has 0 radical (unpaired) electrons. The maximum absolute atomic E-state index is 6.85. The molecule has 5 heteroatoms. The lowest BCUT2D eigenvalue weighted by atomic mass is 9.75. The first-order valence-corrected chi connectivity index (χ1v) is 19.4. The summed E-state index contributed by atoms with van der Waals surface area (Å²) in [5, 5.41) is 7.69. The summed E-state index contributed by atoms with van der Waals surface area (Å²) in [5.74, 6) is 4.47. The fourth-order valence-corrected chi connectivity index (χ4v) is 8.22. The number of hydrogen-bond acceptors (Lipinski definition) is 3. The number of aromatic nitrogens is 4. The fourth-order valence-electron chi connectivity index (χ4n) is 8.22. The Hall–Kier alpha value is -4.64. The molecule has 3 heterocycles. The minimum Gasteiger partial charge on any atom is -0.457 e. The van der Waals surface area contributed by atoms with E-state index in [1.165, 1.54) is 51.6 Å². The van der Waals surface area contributed by atoms with Crippen LogP contribution in [0, 0.1) is 18.8 Å². The number of ether oxygens (including phenoxy) is 1. The van der Waals surface area contributed by atoms with Crippen molar-refractivity contribution in [3.8, 4) is 23.0 Å². The Bertz CT molecular complexity index is 2270. The molecule has 1 aliphatic carbocycles. The summed E-state index contributed by atoms with van der Waals surface area (Å²) in [7, 11) is 0. The van der Waals surface area contributed by atoms with Gasteiger partial charge in [-0.1, -0.05) is 85.2 Å². The predicted octanol–water partition coefficient (Wildman–Crippen LogP) is 12.9. The van der Waals surface area contributed by atoms with Crippen molar-refractivity contribution in [2.24, 2.45) is 11.8 Å². The van der Waals surface area contributed by atoms with Gasteiger partial charge in [0.2, 0.25) is 0 Å². The highest BCUT2D eigenvalue weighted by atomic mass is 16.5. The summed E-state index contributed by atoms with van der Waals surface area (Å²) >= 11 is 0. The number of hydrogen-bond donors (Lipinski definition) is 0. The van der Waals surface area contributed by atoms with Gasteiger partial charge in [-0.3, -0.25) is 4.57 Å². The SMILES string of the molecule is CC1=CCC[C@H](C)C1c1c(C)nn(-c2cc(Oc3ccc4c5ccccc5n(-c5cc(C(C)(C)C)ccn5)c4c3)cc(C(C)C)c2)c1CCC(C)C. The fraction of sp³-hybridized carbons (Fsp3) is 0.404. The summed E-state index contributed by atoms with van der Waals surface area (Å²) in [4.78, 5) is 4.88. The highest BCUT2D eigenvalue weighted by Gasteiger charge is 2.31. The van der Waals surface area contributed by atoms with Crippen LogP contribution in [0.5, 0.6) is 11.5 Å². The van der Waals surface area contributed by atoms with Gasteiger partial charge in [-0.15, -0.1) is 0 Å². The van der Waals surface area contributed by atoms with Crippen molar-refractivity contribution in [3.05, 3.63) is 119 Å². The zero-order valence-corrected chi connectivity index (χ0v) is 32.9. The van der Waals surface area contributed by atoms with Gasteiger partial charge in [-0.05, 0) is 116 Å². The number of benzene rings is 3. The molecule has 0 aliphatic heterocycles. The van der Waals surface area contributed by atoms with Gasteiger partial charge in [0, 0.05) is 46.3 Å². The van der Waals surface area contributed by atoms with Crippen molar-refractivity contribution >= 4 is 21.8 Å². The molecule has 0 bridgehead atoms. The van der Waals surface area contributed by atoms with Crippen LogP contribution in [-0.4, -0.2) is 19.3 Å². The van der Waals surface area contributed by atoms with Crippen LogP contribution in [-0.2, 0) is 11.8 Å². The topological polar surface area (TPSA) is 44.9 Å². The molecule has 3 aromatic heterocycles. The van der Waals surface area contributed by atoms with E-state index in [9.17, 15) is 0 Å². The summed E-state index contributed by atoms with van der Waals surface area (Å²) in [5.41, 5.74) is 11.2. The van der Waals surface area contributed by atoms with Gasteiger partial charge in [0.25, 0.3) is 0 Å². The van der Waals surface area contributed by atoms with E-state index in [1.54, 1.807) is 0 Å². The van der Waals surface area contributed by atoms with Gasteiger partial charge in [-0.25, -0.2) is 9.67 Å². The molecule has 0 N–H and O–H groups in total. The van der Waals surface area contributed by atoms with Crippen LogP contribution in [0.3, 0.4) is 0 Å². The lowest BCUT2D eigenvalue weighted by Crippen LogP contribution is -2.18. The number of pyridine rings is 1. The third-order valence-electron chi connectivity index (χ3n) is 11.2. The second kappa shape index (κ2) is 14.1. The second-order valence-electron chi connectivity index (χ2n) is 17.0. The van der Waals surface area contributed by atoms with E-state index in [-0.39, 0.29) is 5.41 Å². The highest BCUT2D eigenvalue weighted by Crippen LogP contribution is 2.43. The molecule has 5 nitrogen and oxygen atoms in total. The lowest BCUT2D eigenvalue weighted by molar-refractivity contribution is 0.445. The molecule has 0 saturated heterocycles. The van der Waals surface area contributed by atoms with E-state index >= 15 is 0 Å². The molecule has 6 aromatic rings. The standard InChI is InChI=1S/C47H56N4O/c1-29(2)18-21-42-46(45-31(5)14-13-15-32(45)6)33(7)49-51(42)36-24-34(30(3)4)25-38(27-36)52-37-19-20-40-39-16-11-12-17-41(39)50(43(40)28-37)44-26-35(22-23-48-44)47(8,9)10/h11-12,14,16-17,19-20,22-30,32,45H,13,15,18,21H2,1-10H3/t32-,45?/m0/s1.